The average Bonchev–Trinajstić information content (AvgIpc) is 3.49. The van der Waals surface area contributed by atoms with Gasteiger partial charge in [0.15, 0.2) is 0 Å². The van der Waals surface area contributed by atoms with Crippen LogP contribution in [-0.2, 0) is 17.6 Å². The van der Waals surface area contributed by atoms with Crippen molar-refractivity contribution in [1.82, 2.24) is 4.98 Å². The van der Waals surface area contributed by atoms with Gasteiger partial charge >= 0.3 is 5.97 Å². The Bertz CT molecular complexity index is 1320. The molecule has 36 heavy (non-hydrogen) atoms. The van der Waals surface area contributed by atoms with E-state index in [4.69, 9.17) is 9.47 Å². The molecule has 0 saturated carbocycles. The van der Waals surface area contributed by atoms with Crippen LogP contribution in [0.25, 0.3) is 16.8 Å². The fourth-order valence-corrected chi connectivity index (χ4v) is 6.52. The van der Waals surface area contributed by atoms with Crippen LogP contribution in [0, 0.1) is 22.7 Å². The van der Waals surface area contributed by atoms with E-state index in [1.54, 1.807) is 24.6 Å². The number of methoxy groups -OCH3 is 1. The van der Waals surface area contributed by atoms with Gasteiger partial charge in [0, 0.05) is 22.0 Å². The monoisotopic (exact) mass is 521 g/mol. The van der Waals surface area contributed by atoms with Crippen molar-refractivity contribution < 1.29 is 14.3 Å². The maximum Gasteiger partial charge on any atom is 0.341 e. The summed E-state index contributed by atoms with van der Waals surface area (Å²) in [4.78, 5) is 18.8. The molecule has 0 fully saturated rings. The second kappa shape index (κ2) is 10.9. The molecule has 0 aliphatic heterocycles. The molecule has 1 aliphatic carbocycles. The van der Waals surface area contributed by atoms with Crippen LogP contribution in [0.15, 0.2) is 35.8 Å². The summed E-state index contributed by atoms with van der Waals surface area (Å²) in [6, 6.07) is 9.92. The van der Waals surface area contributed by atoms with Crippen LogP contribution < -0.4 is 10.1 Å². The molecule has 0 bridgehead atoms. The maximum atomic E-state index is 12.9. The first-order valence-electron chi connectivity index (χ1n) is 12.0. The highest BCUT2D eigenvalue weighted by Gasteiger charge is 2.34. The summed E-state index contributed by atoms with van der Waals surface area (Å²) in [6.45, 7) is 8.96. The van der Waals surface area contributed by atoms with Crippen molar-refractivity contribution >= 4 is 39.2 Å². The number of fused-ring (bicyclic) bond motifs is 1. The topological polar surface area (TPSA) is 84.2 Å². The number of anilines is 1. The number of aromatic nitrogens is 1. The van der Waals surface area contributed by atoms with Gasteiger partial charge in [0.2, 0.25) is 0 Å². The lowest BCUT2D eigenvalue weighted by Gasteiger charge is -2.33. The van der Waals surface area contributed by atoms with Crippen LogP contribution in [-0.4, -0.2) is 24.7 Å². The molecule has 188 valence electrons. The number of esters is 1. The summed E-state index contributed by atoms with van der Waals surface area (Å²) in [7, 11) is 1.63. The van der Waals surface area contributed by atoms with E-state index in [9.17, 15) is 10.1 Å². The van der Waals surface area contributed by atoms with Gasteiger partial charge in [-0.3, -0.25) is 0 Å². The number of thiazole rings is 1. The third kappa shape index (κ3) is 5.48. The smallest absolute Gasteiger partial charge is 0.341 e. The molecular formula is C28H31N3O3S2. The SMILES string of the molecule is CCOC(=O)c1c(N/C=C(\C#N)c2nc(-c3cccc(OC)c3)cs2)sc2c1CC[C@@H](C(C)(C)C)C2. The third-order valence-electron chi connectivity index (χ3n) is 6.54. The lowest BCUT2D eigenvalue weighted by Crippen LogP contribution is -2.26. The number of benzene rings is 1. The van der Waals surface area contributed by atoms with E-state index in [1.165, 1.54) is 16.2 Å². The molecule has 0 unspecified atom stereocenters. The minimum Gasteiger partial charge on any atom is -0.497 e. The van der Waals surface area contributed by atoms with Crippen molar-refractivity contribution in [3.63, 3.8) is 0 Å². The summed E-state index contributed by atoms with van der Waals surface area (Å²) in [5, 5.41) is 16.4. The Kier molecular flexibility index (Phi) is 7.82. The van der Waals surface area contributed by atoms with Crippen molar-refractivity contribution in [3.05, 3.63) is 56.9 Å². The first kappa shape index (κ1) is 25.9. The highest BCUT2D eigenvalue weighted by atomic mass is 32.1. The molecule has 0 radical (unpaired) electrons. The van der Waals surface area contributed by atoms with E-state index in [1.807, 2.05) is 36.6 Å². The molecule has 2 aromatic heterocycles. The Balaban J connectivity index is 1.63. The molecule has 3 aromatic rings. The molecule has 2 heterocycles. The van der Waals surface area contributed by atoms with E-state index in [-0.39, 0.29) is 11.4 Å². The van der Waals surface area contributed by atoms with Crippen LogP contribution >= 0.6 is 22.7 Å². The largest absolute Gasteiger partial charge is 0.497 e. The summed E-state index contributed by atoms with van der Waals surface area (Å²) >= 11 is 3.00. The Morgan fingerprint density at radius 1 is 1.36 bits per heavy atom. The minimum absolute atomic E-state index is 0.207. The molecule has 0 amide bonds. The fourth-order valence-electron chi connectivity index (χ4n) is 4.44. The molecule has 1 N–H and O–H groups in total. The van der Waals surface area contributed by atoms with Gasteiger partial charge in [0.1, 0.15) is 27.4 Å². The van der Waals surface area contributed by atoms with Crippen molar-refractivity contribution in [1.29, 1.82) is 5.26 Å². The minimum atomic E-state index is -0.312. The lowest BCUT2D eigenvalue weighted by atomic mass is 9.72. The van der Waals surface area contributed by atoms with E-state index < -0.39 is 0 Å². The van der Waals surface area contributed by atoms with Gasteiger partial charge in [-0.1, -0.05) is 32.9 Å². The molecule has 0 spiro atoms. The number of nitrogens with one attached hydrogen (secondary N) is 1. The summed E-state index contributed by atoms with van der Waals surface area (Å²) in [5.41, 5.74) is 4.01. The second-order valence-electron chi connectivity index (χ2n) is 9.82. The number of thiophene rings is 1. The quantitative estimate of drug-likeness (QED) is 0.262. The van der Waals surface area contributed by atoms with Crippen LogP contribution in [0.5, 0.6) is 5.75 Å². The zero-order valence-corrected chi connectivity index (χ0v) is 22.9. The zero-order valence-electron chi connectivity index (χ0n) is 21.3. The number of nitrogens with zero attached hydrogens (tertiary/aromatic N) is 2. The molecule has 1 aliphatic rings. The van der Waals surface area contributed by atoms with Crippen molar-refractivity contribution in [2.45, 2.75) is 47.0 Å². The average molecular weight is 522 g/mol. The first-order chi connectivity index (χ1) is 17.2. The Labute approximate surface area is 220 Å². The number of carbonyl (C=O) groups excluding carboxylic acids is 1. The number of ether oxygens (including phenoxy) is 2. The molecular weight excluding hydrogens is 490 g/mol. The van der Waals surface area contributed by atoms with Crippen LogP contribution in [0.1, 0.15) is 59.9 Å². The van der Waals surface area contributed by atoms with Crippen LogP contribution in [0.2, 0.25) is 0 Å². The predicted octanol–water partition coefficient (Wildman–Crippen LogP) is 7.18. The van der Waals surface area contributed by atoms with E-state index in [2.05, 4.69) is 37.1 Å². The molecule has 1 atom stereocenters. The van der Waals surface area contributed by atoms with Crippen LogP contribution in [0.4, 0.5) is 5.00 Å². The zero-order chi connectivity index (χ0) is 25.9. The second-order valence-corrected chi connectivity index (χ2v) is 11.8. The highest BCUT2D eigenvalue weighted by molar-refractivity contribution is 7.16. The Hall–Kier alpha value is -3.15. The highest BCUT2D eigenvalue weighted by Crippen LogP contribution is 2.44. The molecule has 1 aromatic carbocycles. The van der Waals surface area contributed by atoms with E-state index >= 15 is 0 Å². The lowest BCUT2D eigenvalue weighted by molar-refractivity contribution is 0.0526. The standard InChI is InChI=1S/C28H31N3O3S2/c1-6-34-27(32)24-21-11-10-19(28(2,3)4)13-23(21)36-26(24)30-15-18(14-29)25-31-22(16-35-25)17-8-7-9-20(12-17)33-5/h7-9,12,15-16,19,30H,6,10-11,13H2,1-5H3/b18-15+/t19-/m1/s1. The van der Waals surface area contributed by atoms with Crippen molar-refractivity contribution in [3.8, 4) is 23.1 Å². The molecule has 8 heteroatoms. The van der Waals surface area contributed by atoms with E-state index in [0.29, 0.717) is 28.7 Å². The Morgan fingerprint density at radius 3 is 2.86 bits per heavy atom. The normalized spacial score (nSPS) is 15.7. The first-order valence-corrected chi connectivity index (χ1v) is 13.7. The third-order valence-corrected chi connectivity index (χ3v) is 8.60. The molecule has 4 rings (SSSR count). The van der Waals surface area contributed by atoms with Gasteiger partial charge in [-0.2, -0.15) is 5.26 Å². The van der Waals surface area contributed by atoms with Gasteiger partial charge in [-0.25, -0.2) is 9.78 Å². The predicted molar refractivity (Wildman–Crippen MR) is 147 cm³/mol. The number of hydrogen-bond acceptors (Lipinski definition) is 8. The number of allylic oxidation sites excluding steroid dienone is 1. The number of rotatable bonds is 7. The van der Waals surface area contributed by atoms with Gasteiger partial charge in [0.05, 0.1) is 25.0 Å². The molecule has 6 nitrogen and oxygen atoms in total. The van der Waals surface area contributed by atoms with Gasteiger partial charge in [-0.05, 0) is 55.2 Å². The van der Waals surface area contributed by atoms with Crippen molar-refractivity contribution in [2.75, 3.05) is 19.0 Å². The summed E-state index contributed by atoms with van der Waals surface area (Å²) < 4.78 is 10.7. The van der Waals surface area contributed by atoms with Crippen molar-refractivity contribution in [2.24, 2.45) is 11.3 Å². The van der Waals surface area contributed by atoms with Gasteiger partial charge < -0.3 is 14.8 Å². The number of hydrogen-bond donors (Lipinski definition) is 1. The summed E-state index contributed by atoms with van der Waals surface area (Å²) in [5.74, 6) is 0.997. The van der Waals surface area contributed by atoms with Gasteiger partial charge in [-0.15, -0.1) is 22.7 Å². The van der Waals surface area contributed by atoms with E-state index in [0.717, 1.165) is 46.8 Å². The Morgan fingerprint density at radius 2 is 2.17 bits per heavy atom. The molecule has 0 saturated heterocycles. The maximum absolute atomic E-state index is 12.9. The van der Waals surface area contributed by atoms with Crippen LogP contribution in [0.3, 0.4) is 0 Å². The fraction of sp³-hybridized carbons (Fsp3) is 0.393. The number of nitriles is 1. The summed E-state index contributed by atoms with van der Waals surface area (Å²) in [6.07, 6.45) is 4.50. The number of carbonyl (C=O) groups is 1. The van der Waals surface area contributed by atoms with Gasteiger partial charge in [0.25, 0.3) is 0 Å².